The van der Waals surface area contributed by atoms with Crippen molar-refractivity contribution in [1.82, 2.24) is 4.90 Å². The van der Waals surface area contributed by atoms with Crippen LogP contribution in [0.4, 0.5) is 0 Å². The first kappa shape index (κ1) is 5.60. The molecule has 0 saturated heterocycles. The van der Waals surface area contributed by atoms with Gasteiger partial charge >= 0.3 is 0 Å². The van der Waals surface area contributed by atoms with Crippen molar-refractivity contribution in [3.8, 4) is 0 Å². The molecule has 0 radical (unpaired) electrons. The summed E-state index contributed by atoms with van der Waals surface area (Å²) in [6, 6.07) is 0. The summed E-state index contributed by atoms with van der Waals surface area (Å²) in [5, 5.41) is 0. The molecule has 0 N–H and O–H groups in total. The van der Waals surface area contributed by atoms with E-state index in [0.29, 0.717) is 0 Å². The third-order valence-corrected chi connectivity index (χ3v) is 0.447. The van der Waals surface area contributed by atoms with Crippen molar-refractivity contribution in [2.45, 2.75) is 0 Å². The van der Waals surface area contributed by atoms with Gasteiger partial charge in [-0.1, -0.05) is 0 Å². The van der Waals surface area contributed by atoms with Crippen LogP contribution in [0.3, 0.4) is 0 Å². The van der Waals surface area contributed by atoms with Crippen LogP contribution in [0, 0.1) is 0 Å². The molecule has 0 aromatic rings. The van der Waals surface area contributed by atoms with Crippen LogP contribution in [0.25, 0.3) is 0 Å². The van der Waals surface area contributed by atoms with E-state index in [1.807, 2.05) is 39.0 Å². The Morgan fingerprint density at radius 3 is 2.00 bits per heavy atom. The average molecular weight is 82.9 g/mol. The second kappa shape index (κ2) is 2.82. The van der Waals surface area contributed by atoms with Crippen LogP contribution >= 0.6 is 0 Å². The number of nitrogens with zero attached hydrogens (tertiary/aromatic N) is 1. The summed E-state index contributed by atoms with van der Waals surface area (Å²) in [6.45, 7) is 0. The summed E-state index contributed by atoms with van der Waals surface area (Å²) in [7, 11) is 6.00. The molecule has 0 unspecified atom stereocenters. The van der Waals surface area contributed by atoms with Crippen LogP contribution in [0.1, 0.15) is 0 Å². The molecular weight excluding hydrogens is 72.9 g/mol. The van der Waals surface area contributed by atoms with E-state index >= 15 is 0 Å². The fraction of sp³-hybridized carbons (Fsp3) is 0.500. The fourth-order valence-corrected chi connectivity index (χ4v) is 0.298. The maximum atomic E-state index is 2.00. The predicted molar refractivity (Wildman–Crippen MR) is 31.4 cm³/mol. The van der Waals surface area contributed by atoms with Crippen molar-refractivity contribution in [2.75, 3.05) is 14.1 Å². The Balaban J connectivity index is 3.03. The molecule has 34 valence electrons. The Kier molecular flexibility index (Phi) is 2.64. The van der Waals surface area contributed by atoms with E-state index in [1.165, 1.54) is 0 Å². The predicted octanol–water partition coefficient (Wildman–Crippen LogP) is -0.348. The summed E-state index contributed by atoms with van der Waals surface area (Å²) in [4.78, 5) is 2.00. The van der Waals surface area contributed by atoms with Crippen molar-refractivity contribution in [3.63, 3.8) is 0 Å². The Hall–Kier alpha value is -0.395. The van der Waals surface area contributed by atoms with E-state index in [1.54, 1.807) is 0 Å². The highest BCUT2D eigenvalue weighted by molar-refractivity contribution is 6.16. The molecule has 0 spiro atoms. The molecule has 2 heteroatoms. The van der Waals surface area contributed by atoms with Gasteiger partial charge in [0.25, 0.3) is 0 Å². The highest BCUT2D eigenvalue weighted by Crippen LogP contribution is 1.69. The quantitative estimate of drug-likeness (QED) is 0.392. The molecule has 0 bridgehead atoms. The van der Waals surface area contributed by atoms with E-state index < -0.39 is 0 Å². The molecule has 0 aliphatic heterocycles. The van der Waals surface area contributed by atoms with Crippen molar-refractivity contribution in [2.24, 2.45) is 0 Å². The lowest BCUT2D eigenvalue weighted by atomic mass is 10.2. The lowest BCUT2D eigenvalue weighted by molar-refractivity contribution is 0.565. The molecule has 0 saturated carbocycles. The molecule has 0 atom stereocenters. The highest BCUT2D eigenvalue weighted by atomic mass is 15.0. The van der Waals surface area contributed by atoms with Crippen molar-refractivity contribution in [3.05, 3.63) is 12.2 Å². The third-order valence-electron chi connectivity index (χ3n) is 0.447. The van der Waals surface area contributed by atoms with Gasteiger partial charge in [-0.2, -0.15) is 0 Å². The molecule has 0 aromatic heterocycles. The van der Waals surface area contributed by atoms with Crippen LogP contribution in [0.5, 0.6) is 0 Å². The maximum Gasteiger partial charge on any atom is 0.131 e. The van der Waals surface area contributed by atoms with Crippen molar-refractivity contribution < 1.29 is 0 Å². The van der Waals surface area contributed by atoms with E-state index in [0.717, 1.165) is 0 Å². The molecule has 0 fully saturated rings. The normalized spacial score (nSPS) is 9.67. The van der Waals surface area contributed by atoms with Crippen LogP contribution in [-0.4, -0.2) is 26.8 Å². The first-order valence-electron chi connectivity index (χ1n) is 2.06. The van der Waals surface area contributed by atoms with Crippen LogP contribution < -0.4 is 0 Å². The standard InChI is InChI=1S/C4H10BN/c1-6(2)4-3-5/h3-4H,5H2,1-2H3/b4-3+. The average Bonchev–Trinajstić information content (AvgIpc) is 1.35. The van der Waals surface area contributed by atoms with Gasteiger partial charge < -0.3 is 4.90 Å². The molecule has 0 aliphatic carbocycles. The monoisotopic (exact) mass is 83.1 g/mol. The molecule has 0 aliphatic rings. The number of rotatable bonds is 1. The highest BCUT2D eigenvalue weighted by Gasteiger charge is 1.66. The zero-order valence-electron chi connectivity index (χ0n) is 4.60. The van der Waals surface area contributed by atoms with E-state index in [9.17, 15) is 0 Å². The van der Waals surface area contributed by atoms with Gasteiger partial charge in [-0.3, -0.25) is 0 Å². The smallest absolute Gasteiger partial charge is 0.131 e. The zero-order valence-corrected chi connectivity index (χ0v) is 4.60. The number of hydrogen-bond donors (Lipinski definition) is 0. The number of hydrogen-bond acceptors (Lipinski definition) is 1. The first-order valence-corrected chi connectivity index (χ1v) is 2.06. The fourth-order valence-electron chi connectivity index (χ4n) is 0.298. The molecule has 0 amide bonds. The van der Waals surface area contributed by atoms with Gasteiger partial charge in [0.05, 0.1) is 0 Å². The zero-order chi connectivity index (χ0) is 4.99. The molecular formula is C4H10BN. The largest absolute Gasteiger partial charge is 0.384 e. The van der Waals surface area contributed by atoms with Gasteiger partial charge in [0.15, 0.2) is 0 Å². The van der Waals surface area contributed by atoms with Gasteiger partial charge in [0, 0.05) is 14.1 Å². The molecule has 0 heterocycles. The Bertz CT molecular complexity index is 49.5. The van der Waals surface area contributed by atoms with Gasteiger partial charge in [-0.15, -0.1) is 5.98 Å². The van der Waals surface area contributed by atoms with Gasteiger partial charge in [-0.05, 0) is 6.20 Å². The Morgan fingerprint density at radius 1 is 1.50 bits per heavy atom. The Labute approximate surface area is 40.1 Å². The summed E-state index contributed by atoms with van der Waals surface area (Å²) in [5.41, 5.74) is 0. The van der Waals surface area contributed by atoms with Crippen LogP contribution in [0.15, 0.2) is 12.2 Å². The minimum absolute atomic E-state index is 2.00. The lowest BCUT2D eigenvalue weighted by Gasteiger charge is -2.00. The topological polar surface area (TPSA) is 3.24 Å². The summed E-state index contributed by atoms with van der Waals surface area (Å²) < 4.78 is 0. The molecule has 0 aromatic carbocycles. The van der Waals surface area contributed by atoms with E-state index in [2.05, 4.69) is 0 Å². The Morgan fingerprint density at radius 2 is 2.00 bits per heavy atom. The summed E-state index contributed by atoms with van der Waals surface area (Å²) >= 11 is 0. The van der Waals surface area contributed by atoms with Gasteiger partial charge in [0.1, 0.15) is 7.85 Å². The molecule has 6 heavy (non-hydrogen) atoms. The molecule has 1 nitrogen and oxygen atoms in total. The van der Waals surface area contributed by atoms with Crippen LogP contribution in [-0.2, 0) is 0 Å². The van der Waals surface area contributed by atoms with E-state index in [4.69, 9.17) is 0 Å². The van der Waals surface area contributed by atoms with Crippen molar-refractivity contribution >= 4 is 7.85 Å². The van der Waals surface area contributed by atoms with E-state index in [-0.39, 0.29) is 0 Å². The van der Waals surface area contributed by atoms with Gasteiger partial charge in [0.2, 0.25) is 0 Å². The summed E-state index contributed by atoms with van der Waals surface area (Å²) in [5.74, 6) is 2.00. The maximum absolute atomic E-state index is 2.00. The third kappa shape index (κ3) is 3.60. The minimum atomic E-state index is 2.00. The lowest BCUT2D eigenvalue weighted by Crippen LogP contribution is -1.99. The summed E-state index contributed by atoms with van der Waals surface area (Å²) in [6.07, 6.45) is 2.00. The first-order chi connectivity index (χ1) is 2.77. The van der Waals surface area contributed by atoms with Gasteiger partial charge in [-0.25, -0.2) is 0 Å². The van der Waals surface area contributed by atoms with Crippen LogP contribution in [0.2, 0.25) is 0 Å². The van der Waals surface area contributed by atoms with Crippen molar-refractivity contribution in [1.29, 1.82) is 0 Å². The second-order valence-corrected chi connectivity index (χ2v) is 1.45. The second-order valence-electron chi connectivity index (χ2n) is 1.45. The molecule has 0 rings (SSSR count). The minimum Gasteiger partial charge on any atom is -0.384 e. The SMILES string of the molecule is B/C=C/N(C)C.